The Labute approximate surface area is 117 Å². The summed E-state index contributed by atoms with van der Waals surface area (Å²) in [4.78, 5) is 25.7. The highest BCUT2D eigenvalue weighted by molar-refractivity contribution is 5.88. The lowest BCUT2D eigenvalue weighted by Crippen LogP contribution is -2.36. The van der Waals surface area contributed by atoms with Crippen molar-refractivity contribution in [2.24, 2.45) is 0 Å². The molecular weight excluding hydrogens is 260 g/mol. The van der Waals surface area contributed by atoms with Gasteiger partial charge in [-0.05, 0) is 26.2 Å². The zero-order valence-corrected chi connectivity index (χ0v) is 12.1. The van der Waals surface area contributed by atoms with Gasteiger partial charge in [0, 0.05) is 12.6 Å². The molecule has 1 amide bonds. The lowest BCUT2D eigenvalue weighted by Gasteiger charge is -2.20. The van der Waals surface area contributed by atoms with E-state index in [9.17, 15) is 9.59 Å². The third-order valence-corrected chi connectivity index (χ3v) is 3.48. The number of ether oxygens (including phenoxy) is 1. The molecule has 0 N–H and O–H groups in total. The van der Waals surface area contributed by atoms with Crippen LogP contribution in [0.5, 0.6) is 0 Å². The van der Waals surface area contributed by atoms with Crippen LogP contribution in [-0.2, 0) is 22.5 Å². The third kappa shape index (κ3) is 2.81. The zero-order valence-electron chi connectivity index (χ0n) is 12.1. The average Bonchev–Trinajstić information content (AvgIpc) is 3.19. The minimum Gasteiger partial charge on any atom is -0.464 e. The number of amides is 1. The minimum atomic E-state index is -0.518. The first-order chi connectivity index (χ1) is 9.62. The lowest BCUT2D eigenvalue weighted by molar-refractivity contribution is -0.132. The average molecular weight is 280 g/mol. The van der Waals surface area contributed by atoms with E-state index in [2.05, 4.69) is 15.0 Å². The smallest absolute Gasteiger partial charge is 0.360 e. The summed E-state index contributed by atoms with van der Waals surface area (Å²) in [7, 11) is 1.30. The maximum absolute atomic E-state index is 12.3. The second-order valence-corrected chi connectivity index (χ2v) is 4.80. The fourth-order valence-corrected chi connectivity index (χ4v) is 2.31. The standard InChI is InChI=1S/C13H20N4O3/c1-4-10-12(13(19)20-3)14-15-17(10)8-11(18)16(5-2)9-6-7-9/h9H,4-8H2,1-3H3. The van der Waals surface area contributed by atoms with Gasteiger partial charge in [0.25, 0.3) is 0 Å². The maximum atomic E-state index is 12.3. The molecule has 1 aliphatic rings. The van der Waals surface area contributed by atoms with Crippen molar-refractivity contribution < 1.29 is 14.3 Å². The summed E-state index contributed by atoms with van der Waals surface area (Å²) in [6.07, 6.45) is 2.72. The Morgan fingerprint density at radius 2 is 2.10 bits per heavy atom. The van der Waals surface area contributed by atoms with E-state index in [1.54, 1.807) is 0 Å². The van der Waals surface area contributed by atoms with Crippen molar-refractivity contribution >= 4 is 11.9 Å². The number of hydrogen-bond acceptors (Lipinski definition) is 5. The number of carbonyl (C=O) groups excluding carboxylic acids is 2. The van der Waals surface area contributed by atoms with E-state index >= 15 is 0 Å². The van der Waals surface area contributed by atoms with Gasteiger partial charge in [-0.15, -0.1) is 5.10 Å². The molecule has 1 heterocycles. The number of carbonyl (C=O) groups is 2. The second-order valence-electron chi connectivity index (χ2n) is 4.80. The highest BCUT2D eigenvalue weighted by Crippen LogP contribution is 2.26. The van der Waals surface area contributed by atoms with Crippen LogP contribution in [0.2, 0.25) is 0 Å². The van der Waals surface area contributed by atoms with Crippen LogP contribution in [0.15, 0.2) is 0 Å². The molecular formula is C13H20N4O3. The molecule has 0 saturated heterocycles. The van der Waals surface area contributed by atoms with Crippen molar-refractivity contribution in [2.75, 3.05) is 13.7 Å². The predicted octanol–water partition coefficient (Wildman–Crippen LogP) is 0.638. The van der Waals surface area contributed by atoms with Crippen LogP contribution in [-0.4, -0.2) is 51.5 Å². The molecule has 0 unspecified atom stereocenters. The second kappa shape index (κ2) is 6.02. The summed E-state index contributed by atoms with van der Waals surface area (Å²) in [6, 6.07) is 0.376. The lowest BCUT2D eigenvalue weighted by atomic mass is 10.2. The van der Waals surface area contributed by atoms with E-state index in [1.807, 2.05) is 18.7 Å². The quantitative estimate of drug-likeness (QED) is 0.715. The van der Waals surface area contributed by atoms with E-state index < -0.39 is 5.97 Å². The Hall–Kier alpha value is -1.92. The normalized spacial score (nSPS) is 14.2. The molecule has 1 aliphatic carbocycles. The van der Waals surface area contributed by atoms with Gasteiger partial charge in [-0.25, -0.2) is 9.48 Å². The van der Waals surface area contributed by atoms with Crippen LogP contribution in [0.1, 0.15) is 42.9 Å². The Balaban J connectivity index is 2.14. The van der Waals surface area contributed by atoms with E-state index in [4.69, 9.17) is 0 Å². The molecule has 0 spiro atoms. The fourth-order valence-electron chi connectivity index (χ4n) is 2.31. The Bertz CT molecular complexity index is 508. The molecule has 1 fully saturated rings. The SMILES string of the molecule is CCc1c(C(=O)OC)nnn1CC(=O)N(CC)C1CC1. The fraction of sp³-hybridized carbons (Fsp3) is 0.692. The summed E-state index contributed by atoms with van der Waals surface area (Å²) in [6.45, 7) is 4.68. The molecule has 110 valence electrons. The molecule has 0 radical (unpaired) electrons. The van der Waals surface area contributed by atoms with E-state index in [0.717, 1.165) is 12.8 Å². The summed E-state index contributed by atoms with van der Waals surface area (Å²) >= 11 is 0. The van der Waals surface area contributed by atoms with Crippen LogP contribution in [0.3, 0.4) is 0 Å². The molecule has 0 aliphatic heterocycles. The van der Waals surface area contributed by atoms with E-state index in [0.29, 0.717) is 24.7 Å². The molecule has 0 aromatic carbocycles. The molecule has 1 saturated carbocycles. The molecule has 2 rings (SSSR count). The van der Waals surface area contributed by atoms with Gasteiger partial charge in [-0.3, -0.25) is 4.79 Å². The Morgan fingerprint density at radius 3 is 2.60 bits per heavy atom. The van der Waals surface area contributed by atoms with Gasteiger partial charge in [-0.2, -0.15) is 0 Å². The Kier molecular flexibility index (Phi) is 4.36. The molecule has 0 bridgehead atoms. The summed E-state index contributed by atoms with van der Waals surface area (Å²) in [5.74, 6) is -0.499. The van der Waals surface area contributed by atoms with Crippen LogP contribution >= 0.6 is 0 Å². The zero-order chi connectivity index (χ0) is 14.7. The molecule has 20 heavy (non-hydrogen) atoms. The van der Waals surface area contributed by atoms with Crippen molar-refractivity contribution in [3.63, 3.8) is 0 Å². The van der Waals surface area contributed by atoms with Gasteiger partial charge >= 0.3 is 5.97 Å². The first kappa shape index (κ1) is 14.5. The first-order valence-corrected chi connectivity index (χ1v) is 6.92. The van der Waals surface area contributed by atoms with Gasteiger partial charge < -0.3 is 9.64 Å². The minimum absolute atomic E-state index is 0.0195. The van der Waals surface area contributed by atoms with Crippen molar-refractivity contribution in [1.29, 1.82) is 0 Å². The van der Waals surface area contributed by atoms with Gasteiger partial charge in [0.2, 0.25) is 5.91 Å². The van der Waals surface area contributed by atoms with Crippen molar-refractivity contribution in [2.45, 2.75) is 45.7 Å². The largest absolute Gasteiger partial charge is 0.464 e. The number of aromatic nitrogens is 3. The number of esters is 1. The number of nitrogens with zero attached hydrogens (tertiary/aromatic N) is 4. The number of methoxy groups -OCH3 is 1. The summed E-state index contributed by atoms with van der Waals surface area (Å²) in [5, 5.41) is 7.73. The molecule has 1 aromatic heterocycles. The van der Waals surface area contributed by atoms with Crippen molar-refractivity contribution in [3.8, 4) is 0 Å². The third-order valence-electron chi connectivity index (χ3n) is 3.48. The highest BCUT2D eigenvalue weighted by Gasteiger charge is 2.32. The van der Waals surface area contributed by atoms with Crippen molar-refractivity contribution in [3.05, 3.63) is 11.4 Å². The first-order valence-electron chi connectivity index (χ1n) is 6.92. The number of hydrogen-bond donors (Lipinski definition) is 0. The molecule has 7 nitrogen and oxygen atoms in total. The summed E-state index contributed by atoms with van der Waals surface area (Å²) in [5.41, 5.74) is 0.828. The number of rotatable bonds is 6. The van der Waals surface area contributed by atoms with Gasteiger partial charge in [0.05, 0.1) is 12.8 Å². The molecule has 1 aromatic rings. The maximum Gasteiger partial charge on any atom is 0.360 e. The number of likely N-dealkylation sites (N-methyl/N-ethyl adjacent to an activating group) is 1. The van der Waals surface area contributed by atoms with Crippen LogP contribution in [0, 0.1) is 0 Å². The molecule has 7 heteroatoms. The van der Waals surface area contributed by atoms with E-state index in [1.165, 1.54) is 11.8 Å². The van der Waals surface area contributed by atoms with Gasteiger partial charge in [-0.1, -0.05) is 12.1 Å². The van der Waals surface area contributed by atoms with Crippen LogP contribution < -0.4 is 0 Å². The predicted molar refractivity (Wildman–Crippen MR) is 71.1 cm³/mol. The molecule has 0 atom stereocenters. The van der Waals surface area contributed by atoms with Gasteiger partial charge in [0.15, 0.2) is 5.69 Å². The van der Waals surface area contributed by atoms with Crippen LogP contribution in [0.25, 0.3) is 0 Å². The van der Waals surface area contributed by atoms with Crippen LogP contribution in [0.4, 0.5) is 0 Å². The highest BCUT2D eigenvalue weighted by atomic mass is 16.5. The van der Waals surface area contributed by atoms with E-state index in [-0.39, 0.29) is 18.1 Å². The monoisotopic (exact) mass is 280 g/mol. The van der Waals surface area contributed by atoms with Crippen molar-refractivity contribution in [1.82, 2.24) is 19.9 Å². The summed E-state index contributed by atoms with van der Waals surface area (Å²) < 4.78 is 6.16. The topological polar surface area (TPSA) is 77.3 Å². The Morgan fingerprint density at radius 1 is 1.40 bits per heavy atom. The van der Waals surface area contributed by atoms with Gasteiger partial charge in [0.1, 0.15) is 6.54 Å².